The molecule has 0 spiro atoms. The molecule has 3 amide bonds. The van der Waals surface area contributed by atoms with Gasteiger partial charge < -0.3 is 5.32 Å². The van der Waals surface area contributed by atoms with E-state index in [1.54, 1.807) is 24.3 Å². The van der Waals surface area contributed by atoms with E-state index < -0.39 is 0 Å². The number of hydrogen-bond donors (Lipinski definition) is 1. The normalized spacial score (nSPS) is 14.0. The Balaban J connectivity index is 1.91. The van der Waals surface area contributed by atoms with Crippen LogP contribution in [0.3, 0.4) is 0 Å². The number of nitrogens with one attached hydrogen (secondary N) is 1. The topological polar surface area (TPSA) is 66.5 Å². The van der Waals surface area contributed by atoms with Crippen molar-refractivity contribution in [2.24, 2.45) is 0 Å². The summed E-state index contributed by atoms with van der Waals surface area (Å²) in [5.41, 5.74) is 3.79. The fourth-order valence-electron chi connectivity index (χ4n) is 3.03. The smallest absolute Gasteiger partial charge is 0.268 e. The van der Waals surface area contributed by atoms with Gasteiger partial charge in [-0.15, -0.1) is 11.8 Å². The summed E-state index contributed by atoms with van der Waals surface area (Å²) in [5.74, 6) is -0.00188. The molecular formula is C22H22N2O3S. The number of hydrogen-bond acceptors (Lipinski definition) is 4. The number of thioether (sulfide) groups is 1. The first-order valence-electron chi connectivity index (χ1n) is 9.07. The van der Waals surface area contributed by atoms with Crippen molar-refractivity contribution in [2.75, 3.05) is 11.1 Å². The molecule has 0 bridgehead atoms. The number of anilines is 1. The van der Waals surface area contributed by atoms with E-state index in [1.165, 1.54) is 23.6 Å². The summed E-state index contributed by atoms with van der Waals surface area (Å²) in [5, 5.41) is 2.70. The van der Waals surface area contributed by atoms with Gasteiger partial charge in [0.05, 0.1) is 17.0 Å². The summed E-state index contributed by atoms with van der Waals surface area (Å²) in [6.07, 6.45) is 0. The van der Waals surface area contributed by atoms with Crippen LogP contribution in [-0.4, -0.2) is 28.4 Å². The van der Waals surface area contributed by atoms with Crippen molar-refractivity contribution in [3.63, 3.8) is 0 Å². The van der Waals surface area contributed by atoms with Crippen molar-refractivity contribution in [1.29, 1.82) is 0 Å². The van der Waals surface area contributed by atoms with E-state index in [-0.39, 0.29) is 24.3 Å². The van der Waals surface area contributed by atoms with Gasteiger partial charge in [0.15, 0.2) is 0 Å². The molecule has 6 heteroatoms. The van der Waals surface area contributed by atoms with Crippen LogP contribution in [0.4, 0.5) is 5.69 Å². The van der Waals surface area contributed by atoms with Gasteiger partial charge in [-0.2, -0.15) is 0 Å². The highest BCUT2D eigenvalue weighted by Gasteiger charge is 2.38. The maximum Gasteiger partial charge on any atom is 0.268 e. The highest BCUT2D eigenvalue weighted by molar-refractivity contribution is 8.04. The monoisotopic (exact) mass is 394 g/mol. The van der Waals surface area contributed by atoms with Crippen LogP contribution in [-0.2, 0) is 20.9 Å². The summed E-state index contributed by atoms with van der Waals surface area (Å²) in [4.78, 5) is 39.0. The average molecular weight is 394 g/mol. The van der Waals surface area contributed by atoms with Crippen LogP contribution in [0, 0.1) is 6.92 Å². The second-order valence-electron chi connectivity index (χ2n) is 6.58. The van der Waals surface area contributed by atoms with Gasteiger partial charge in [-0.25, -0.2) is 0 Å². The number of imide groups is 1. The Morgan fingerprint density at radius 1 is 1.00 bits per heavy atom. The molecule has 0 aromatic heterocycles. The molecule has 28 heavy (non-hydrogen) atoms. The Labute approximate surface area is 168 Å². The second-order valence-corrected chi connectivity index (χ2v) is 7.85. The molecule has 1 aliphatic rings. The minimum atomic E-state index is -0.284. The average Bonchev–Trinajstić information content (AvgIpc) is 2.89. The Bertz CT molecular complexity index is 947. The van der Waals surface area contributed by atoms with E-state index >= 15 is 0 Å². The number of rotatable bonds is 6. The highest BCUT2D eigenvalue weighted by atomic mass is 32.2. The molecule has 5 nitrogen and oxygen atoms in total. The molecular weight excluding hydrogens is 372 g/mol. The summed E-state index contributed by atoms with van der Waals surface area (Å²) in [6, 6.07) is 14.8. The van der Waals surface area contributed by atoms with E-state index in [2.05, 4.69) is 5.32 Å². The van der Waals surface area contributed by atoms with Gasteiger partial charge in [0.25, 0.3) is 11.8 Å². The van der Waals surface area contributed by atoms with Gasteiger partial charge >= 0.3 is 0 Å². The first-order valence-corrected chi connectivity index (χ1v) is 10.1. The van der Waals surface area contributed by atoms with Crippen LogP contribution in [0.5, 0.6) is 0 Å². The second kappa shape index (κ2) is 8.44. The molecule has 0 saturated heterocycles. The Hall–Kier alpha value is -2.86. The number of amides is 3. The van der Waals surface area contributed by atoms with Crippen LogP contribution in [0.1, 0.15) is 30.5 Å². The first kappa shape index (κ1) is 19.9. The highest BCUT2D eigenvalue weighted by Crippen LogP contribution is 2.37. The van der Waals surface area contributed by atoms with Gasteiger partial charge in [0, 0.05) is 12.6 Å². The SMILES string of the molecule is CCSC1=C(c2ccc(NC(C)=O)cc2)C(=O)N(Cc2ccc(C)cc2)C1=O. The molecule has 1 N–H and O–H groups in total. The predicted molar refractivity (Wildman–Crippen MR) is 113 cm³/mol. The van der Waals surface area contributed by atoms with Crippen LogP contribution in [0.15, 0.2) is 53.4 Å². The summed E-state index contributed by atoms with van der Waals surface area (Å²) >= 11 is 1.38. The van der Waals surface area contributed by atoms with Crippen molar-refractivity contribution < 1.29 is 14.4 Å². The molecule has 3 rings (SSSR count). The lowest BCUT2D eigenvalue weighted by Crippen LogP contribution is -2.30. The zero-order valence-electron chi connectivity index (χ0n) is 16.1. The van der Waals surface area contributed by atoms with Crippen LogP contribution >= 0.6 is 11.8 Å². The third kappa shape index (κ3) is 4.17. The predicted octanol–water partition coefficient (Wildman–Crippen LogP) is 3.99. The zero-order valence-corrected chi connectivity index (χ0v) is 16.9. The lowest BCUT2D eigenvalue weighted by atomic mass is 10.1. The van der Waals surface area contributed by atoms with E-state index in [0.717, 1.165) is 11.1 Å². The number of carbonyl (C=O) groups is 3. The van der Waals surface area contributed by atoms with Gasteiger partial charge in [-0.1, -0.05) is 48.9 Å². The molecule has 0 radical (unpaired) electrons. The molecule has 2 aromatic carbocycles. The third-order valence-corrected chi connectivity index (χ3v) is 5.33. The van der Waals surface area contributed by atoms with Crippen molar-refractivity contribution in [3.05, 3.63) is 70.1 Å². The van der Waals surface area contributed by atoms with E-state index in [4.69, 9.17) is 0 Å². The van der Waals surface area contributed by atoms with Gasteiger partial charge in [-0.05, 0) is 35.9 Å². The molecule has 144 valence electrons. The van der Waals surface area contributed by atoms with Gasteiger partial charge in [0.2, 0.25) is 5.91 Å². The maximum absolute atomic E-state index is 13.1. The lowest BCUT2D eigenvalue weighted by molar-refractivity contribution is -0.137. The largest absolute Gasteiger partial charge is 0.326 e. The number of benzene rings is 2. The van der Waals surface area contributed by atoms with E-state index in [0.29, 0.717) is 27.5 Å². The van der Waals surface area contributed by atoms with Crippen molar-refractivity contribution in [2.45, 2.75) is 27.3 Å². The fraction of sp³-hybridized carbons (Fsp3) is 0.227. The molecule has 0 unspecified atom stereocenters. The Kier molecular flexibility index (Phi) is 5.99. The third-order valence-electron chi connectivity index (χ3n) is 4.37. The minimum absolute atomic E-state index is 0.161. The van der Waals surface area contributed by atoms with Crippen molar-refractivity contribution in [3.8, 4) is 0 Å². The summed E-state index contributed by atoms with van der Waals surface area (Å²) in [7, 11) is 0. The van der Waals surface area contributed by atoms with Crippen molar-refractivity contribution in [1.82, 2.24) is 4.90 Å². The lowest BCUT2D eigenvalue weighted by Gasteiger charge is -2.15. The Morgan fingerprint density at radius 3 is 2.21 bits per heavy atom. The quantitative estimate of drug-likeness (QED) is 0.753. The van der Waals surface area contributed by atoms with Gasteiger partial charge in [0.1, 0.15) is 0 Å². The number of aryl methyl sites for hydroxylation is 1. The van der Waals surface area contributed by atoms with Crippen LogP contribution in [0.25, 0.3) is 5.57 Å². The summed E-state index contributed by atoms with van der Waals surface area (Å²) in [6.45, 7) is 5.64. The minimum Gasteiger partial charge on any atom is -0.326 e. The zero-order chi connectivity index (χ0) is 20.3. The summed E-state index contributed by atoms with van der Waals surface area (Å²) < 4.78 is 0. The van der Waals surface area contributed by atoms with Crippen LogP contribution in [0.2, 0.25) is 0 Å². The first-order chi connectivity index (χ1) is 13.4. The Morgan fingerprint density at radius 2 is 1.64 bits per heavy atom. The van der Waals surface area contributed by atoms with E-state index in [9.17, 15) is 14.4 Å². The van der Waals surface area contributed by atoms with E-state index in [1.807, 2.05) is 38.1 Å². The van der Waals surface area contributed by atoms with Crippen molar-refractivity contribution >= 4 is 40.7 Å². The molecule has 1 aliphatic heterocycles. The standard InChI is InChI=1S/C22H22N2O3S/c1-4-28-20-19(17-9-11-18(12-10-17)23-15(3)25)21(26)24(22(20)27)13-16-7-5-14(2)6-8-16/h5-12H,4,13H2,1-3H3,(H,23,25). The number of carbonyl (C=O) groups excluding carboxylic acids is 3. The molecule has 0 saturated carbocycles. The van der Waals surface area contributed by atoms with Gasteiger partial charge in [-0.3, -0.25) is 19.3 Å². The molecule has 0 fully saturated rings. The molecule has 2 aromatic rings. The maximum atomic E-state index is 13.1. The molecule has 1 heterocycles. The molecule has 0 aliphatic carbocycles. The number of nitrogens with zero attached hydrogens (tertiary/aromatic N) is 1. The van der Waals surface area contributed by atoms with Crippen LogP contribution < -0.4 is 5.32 Å². The molecule has 0 atom stereocenters. The fourth-order valence-corrected chi connectivity index (χ4v) is 3.90.